The Morgan fingerprint density at radius 3 is 1.51 bits per heavy atom. The van der Waals surface area contributed by atoms with Gasteiger partial charge in [0.15, 0.2) is 0 Å². The van der Waals surface area contributed by atoms with Crippen LogP contribution in [0.5, 0.6) is 0 Å². The van der Waals surface area contributed by atoms with Gasteiger partial charge in [0, 0.05) is 37.1 Å². The Bertz CT molecular complexity index is 1820. The molecule has 430 valence electrons. The summed E-state index contributed by atoms with van der Waals surface area (Å²) in [6.07, 6.45) is 35.9. The van der Waals surface area contributed by atoms with Gasteiger partial charge in [-0.3, -0.25) is 28.8 Å². The standard InChI is InChI=1S/C62H102N4O9S/c1-4-7-9-11-13-15-17-19-21-23-25-27-29-35-43-73-45-50(74-44-36-30-28-26-24-22-20-18-16-14-12-10-8-5-2)47-76-48-58(62(72)64-56(6-3)61(71)65-57(60(63)70)41-42-59(68)69)66(49-67)75-46-55-53-39-33-31-37-51(53)52-38-32-34-40-54(52)55/h31-34,37-40,49-50,55-58H,4-30,35-36,41-48H2,1-3H3,(H2,63,70)(H,64,72)(H,65,71)(H,68,69). The summed E-state index contributed by atoms with van der Waals surface area (Å²) in [5.41, 5.74) is 9.82. The number of thioether (sulfide) groups is 1. The second kappa shape index (κ2) is 43.0. The van der Waals surface area contributed by atoms with Crippen molar-refractivity contribution in [1.29, 1.82) is 0 Å². The first kappa shape index (κ1) is 66.3. The third kappa shape index (κ3) is 28.1. The molecule has 4 atom stereocenters. The Morgan fingerprint density at radius 1 is 0.618 bits per heavy atom. The maximum atomic E-state index is 14.4. The van der Waals surface area contributed by atoms with E-state index in [4.69, 9.17) is 20.0 Å². The van der Waals surface area contributed by atoms with Gasteiger partial charge in [0.05, 0.1) is 19.3 Å². The Hall–Kier alpha value is -3.98. The molecule has 0 fully saturated rings. The number of hydrogen-bond acceptors (Lipinski definition) is 9. The van der Waals surface area contributed by atoms with Crippen LogP contribution in [0.2, 0.25) is 0 Å². The predicted octanol–water partition coefficient (Wildman–Crippen LogP) is 13.4. The minimum atomic E-state index is -1.24. The molecule has 0 aromatic heterocycles. The zero-order valence-electron chi connectivity index (χ0n) is 47.4. The molecule has 2 aromatic rings. The molecule has 0 saturated heterocycles. The largest absolute Gasteiger partial charge is 0.481 e. The maximum Gasteiger partial charge on any atom is 0.303 e. The lowest BCUT2D eigenvalue weighted by Crippen LogP contribution is -2.56. The number of carboxylic acid groups (broad SMARTS) is 1. The summed E-state index contributed by atoms with van der Waals surface area (Å²) in [6, 6.07) is 12.7. The van der Waals surface area contributed by atoms with Crippen molar-refractivity contribution in [2.45, 2.75) is 250 Å². The molecule has 4 unspecified atom stereocenters. The summed E-state index contributed by atoms with van der Waals surface area (Å²) >= 11 is 1.46. The number of carbonyl (C=O) groups excluding carboxylic acids is 4. The second-order valence-electron chi connectivity index (χ2n) is 21.2. The van der Waals surface area contributed by atoms with Crippen LogP contribution in [0.25, 0.3) is 11.1 Å². The van der Waals surface area contributed by atoms with Crippen LogP contribution in [0, 0.1) is 0 Å². The number of fused-ring (bicyclic) bond motifs is 3. The Labute approximate surface area is 463 Å². The summed E-state index contributed by atoms with van der Waals surface area (Å²) in [7, 11) is 0. The molecule has 2 aromatic carbocycles. The predicted molar refractivity (Wildman–Crippen MR) is 310 cm³/mol. The van der Waals surface area contributed by atoms with Gasteiger partial charge in [-0.05, 0) is 47.9 Å². The first-order chi connectivity index (χ1) is 37.1. The third-order valence-corrected chi connectivity index (χ3v) is 16.0. The van der Waals surface area contributed by atoms with E-state index in [0.29, 0.717) is 32.0 Å². The van der Waals surface area contributed by atoms with Crippen molar-refractivity contribution >= 4 is 41.9 Å². The number of nitrogens with zero attached hydrogens (tertiary/aromatic N) is 1. The number of rotatable bonds is 51. The topological polar surface area (TPSA) is 187 Å². The van der Waals surface area contributed by atoms with Gasteiger partial charge in [-0.1, -0.05) is 236 Å². The Kier molecular flexibility index (Phi) is 37.5. The summed E-state index contributed by atoms with van der Waals surface area (Å²) < 4.78 is 12.8. The van der Waals surface area contributed by atoms with Crippen molar-refractivity contribution < 1.29 is 43.4 Å². The van der Waals surface area contributed by atoms with E-state index in [1.807, 2.05) is 24.3 Å². The smallest absolute Gasteiger partial charge is 0.303 e. The van der Waals surface area contributed by atoms with E-state index in [-0.39, 0.29) is 43.6 Å². The molecule has 1 aliphatic rings. The summed E-state index contributed by atoms with van der Waals surface area (Å²) in [5.74, 6) is -2.91. The fraction of sp³-hybridized carbons (Fsp3) is 0.726. The number of hydroxylamine groups is 2. The van der Waals surface area contributed by atoms with Crippen LogP contribution < -0.4 is 16.4 Å². The van der Waals surface area contributed by atoms with Crippen LogP contribution in [0.1, 0.15) is 237 Å². The molecular weight excluding hydrogens is 977 g/mol. The van der Waals surface area contributed by atoms with Crippen molar-refractivity contribution in [1.82, 2.24) is 15.7 Å². The second-order valence-corrected chi connectivity index (χ2v) is 22.2. The quantitative estimate of drug-likeness (QED) is 0.0282. The molecule has 0 radical (unpaired) electrons. The molecule has 3 rings (SSSR count). The SMILES string of the molecule is CCCCCCCCCCCCCCCCOCC(CSCC(C(=O)NC(CC)C(=O)NC(CCC(=O)O)C(N)=O)N(C=O)OCC1c2ccccc2-c2ccccc21)OCCCCCCCCCCCCCCCC. The highest BCUT2D eigenvalue weighted by Gasteiger charge is 2.34. The maximum absolute atomic E-state index is 14.4. The van der Waals surface area contributed by atoms with Crippen LogP contribution >= 0.6 is 11.8 Å². The number of nitrogens with two attached hydrogens (primary N) is 1. The molecule has 76 heavy (non-hydrogen) atoms. The number of benzene rings is 2. The van der Waals surface area contributed by atoms with Gasteiger partial charge in [-0.15, -0.1) is 0 Å². The fourth-order valence-electron chi connectivity index (χ4n) is 10.1. The number of amides is 4. The van der Waals surface area contributed by atoms with Gasteiger partial charge in [0.2, 0.25) is 24.1 Å². The van der Waals surface area contributed by atoms with Crippen LogP contribution in [-0.2, 0) is 38.3 Å². The van der Waals surface area contributed by atoms with E-state index in [9.17, 15) is 29.1 Å². The van der Waals surface area contributed by atoms with Crippen molar-refractivity contribution in [2.24, 2.45) is 5.73 Å². The highest BCUT2D eigenvalue weighted by atomic mass is 32.2. The lowest BCUT2D eigenvalue weighted by atomic mass is 9.98. The normalized spacial score (nSPS) is 13.6. The molecule has 13 nitrogen and oxygen atoms in total. The van der Waals surface area contributed by atoms with E-state index < -0.39 is 41.8 Å². The van der Waals surface area contributed by atoms with Crippen LogP contribution in [0.4, 0.5) is 0 Å². The van der Waals surface area contributed by atoms with E-state index in [1.54, 1.807) is 6.92 Å². The first-order valence-corrected chi connectivity index (χ1v) is 31.2. The molecule has 14 heteroatoms. The molecule has 0 heterocycles. The average molecular weight is 1080 g/mol. The number of unbranched alkanes of at least 4 members (excludes halogenated alkanes) is 26. The van der Waals surface area contributed by atoms with Crippen molar-refractivity contribution in [3.05, 3.63) is 59.7 Å². The summed E-state index contributed by atoms with van der Waals surface area (Å²) in [5, 5.41) is 15.5. The summed E-state index contributed by atoms with van der Waals surface area (Å²) in [4.78, 5) is 70.6. The average Bonchev–Trinajstić information content (AvgIpc) is 3.74. The molecular formula is C62H102N4O9S. The van der Waals surface area contributed by atoms with Crippen molar-refractivity contribution in [3.63, 3.8) is 0 Å². The van der Waals surface area contributed by atoms with Crippen molar-refractivity contribution in [3.8, 4) is 11.1 Å². The van der Waals surface area contributed by atoms with Gasteiger partial charge >= 0.3 is 5.97 Å². The first-order valence-electron chi connectivity index (χ1n) is 30.1. The number of primary amides is 1. The number of nitrogens with one attached hydrogen (secondary N) is 2. The Balaban J connectivity index is 1.62. The highest BCUT2D eigenvalue weighted by Crippen LogP contribution is 2.44. The van der Waals surface area contributed by atoms with Gasteiger partial charge in [-0.25, -0.2) is 5.06 Å². The van der Waals surface area contributed by atoms with Gasteiger partial charge in [-0.2, -0.15) is 11.8 Å². The van der Waals surface area contributed by atoms with Crippen LogP contribution in [0.15, 0.2) is 48.5 Å². The Morgan fingerprint density at radius 2 is 1.07 bits per heavy atom. The monoisotopic (exact) mass is 1080 g/mol. The van der Waals surface area contributed by atoms with E-state index in [2.05, 4.69) is 48.7 Å². The number of aliphatic carboxylic acids is 1. The van der Waals surface area contributed by atoms with Gasteiger partial charge in [0.1, 0.15) is 18.1 Å². The number of carboxylic acids is 1. The lowest BCUT2D eigenvalue weighted by molar-refractivity contribution is -0.188. The molecule has 0 aliphatic heterocycles. The molecule has 5 N–H and O–H groups in total. The minimum absolute atomic E-state index is 0.0841. The van der Waals surface area contributed by atoms with E-state index in [0.717, 1.165) is 53.0 Å². The van der Waals surface area contributed by atoms with E-state index >= 15 is 0 Å². The zero-order valence-corrected chi connectivity index (χ0v) is 48.2. The number of carbonyl (C=O) groups is 5. The van der Waals surface area contributed by atoms with Crippen molar-refractivity contribution in [2.75, 3.05) is 37.9 Å². The minimum Gasteiger partial charge on any atom is -0.481 e. The van der Waals surface area contributed by atoms with Gasteiger partial charge < -0.3 is 30.9 Å². The number of hydrogen-bond donors (Lipinski definition) is 4. The molecule has 0 saturated carbocycles. The fourth-order valence-corrected chi connectivity index (χ4v) is 11.2. The highest BCUT2D eigenvalue weighted by molar-refractivity contribution is 7.99. The van der Waals surface area contributed by atoms with Crippen LogP contribution in [-0.4, -0.2) is 102 Å². The number of ether oxygens (including phenoxy) is 2. The third-order valence-electron chi connectivity index (χ3n) is 14.8. The molecule has 4 amide bonds. The molecule has 0 spiro atoms. The molecule has 0 bridgehead atoms. The van der Waals surface area contributed by atoms with Gasteiger partial charge in [0.25, 0.3) is 0 Å². The summed E-state index contributed by atoms with van der Waals surface area (Å²) in [6.45, 7) is 7.99. The molecule has 1 aliphatic carbocycles. The van der Waals surface area contributed by atoms with E-state index in [1.165, 1.54) is 166 Å². The zero-order chi connectivity index (χ0) is 54.9. The van der Waals surface area contributed by atoms with Crippen LogP contribution in [0.3, 0.4) is 0 Å². The lowest BCUT2D eigenvalue weighted by Gasteiger charge is -2.30.